The minimum Gasteiger partial charge on any atom is -0.386 e. The average Bonchev–Trinajstić information content (AvgIpc) is 2.77. The molecule has 0 bridgehead atoms. The van der Waals surface area contributed by atoms with Crippen molar-refractivity contribution in [3.05, 3.63) is 81.9 Å². The Labute approximate surface area is 183 Å². The van der Waals surface area contributed by atoms with E-state index in [4.69, 9.17) is 0 Å². The number of ketones is 1. The molecule has 0 radical (unpaired) electrons. The Morgan fingerprint density at radius 1 is 1.06 bits per heavy atom. The Morgan fingerprint density at radius 2 is 1.68 bits per heavy atom. The van der Waals surface area contributed by atoms with Crippen molar-refractivity contribution in [2.75, 3.05) is 0 Å². The lowest BCUT2D eigenvalue weighted by molar-refractivity contribution is -0.568. The molecule has 2 aromatic rings. The fraction of sp³-hybridized carbons (Fsp3) is 0.480. The summed E-state index contributed by atoms with van der Waals surface area (Å²) in [5.41, 5.74) is -1.40. The predicted molar refractivity (Wildman–Crippen MR) is 118 cm³/mol. The van der Waals surface area contributed by atoms with Crippen LogP contribution in [0.15, 0.2) is 60.7 Å². The Bertz CT molecular complexity index is 872. The van der Waals surface area contributed by atoms with Crippen molar-refractivity contribution in [1.82, 2.24) is 0 Å². The molecule has 0 heterocycles. The first kappa shape index (κ1) is 23.1. The van der Waals surface area contributed by atoms with Gasteiger partial charge in [0.15, 0.2) is 11.4 Å². The van der Waals surface area contributed by atoms with Crippen LogP contribution in [0.2, 0.25) is 0 Å². The van der Waals surface area contributed by atoms with Crippen molar-refractivity contribution in [3.8, 4) is 0 Å². The highest BCUT2D eigenvalue weighted by molar-refractivity contribution is 5.99. The van der Waals surface area contributed by atoms with Crippen LogP contribution in [0.25, 0.3) is 0 Å². The molecule has 6 heteroatoms. The van der Waals surface area contributed by atoms with Gasteiger partial charge in [-0.2, -0.15) is 0 Å². The minimum atomic E-state index is -2.11. The molecule has 5 atom stereocenters. The summed E-state index contributed by atoms with van der Waals surface area (Å²) < 4.78 is 0. The van der Waals surface area contributed by atoms with E-state index in [1.54, 1.807) is 60.7 Å². The third kappa shape index (κ3) is 4.70. The zero-order valence-electron chi connectivity index (χ0n) is 17.9. The van der Waals surface area contributed by atoms with Gasteiger partial charge in [0.25, 0.3) is 6.04 Å². The van der Waals surface area contributed by atoms with Crippen molar-refractivity contribution in [3.63, 3.8) is 0 Å². The number of hydrogen-bond acceptors (Lipinski definition) is 5. The summed E-state index contributed by atoms with van der Waals surface area (Å²) in [5, 5.41) is 34.8. The molecule has 2 aromatic carbocycles. The highest BCUT2D eigenvalue weighted by Gasteiger charge is 2.63. The van der Waals surface area contributed by atoms with Gasteiger partial charge in [0.1, 0.15) is 6.10 Å². The van der Waals surface area contributed by atoms with E-state index in [0.717, 1.165) is 25.7 Å². The van der Waals surface area contributed by atoms with Crippen LogP contribution < -0.4 is 0 Å². The molecule has 1 fully saturated rings. The van der Waals surface area contributed by atoms with Crippen LogP contribution in [0.5, 0.6) is 0 Å². The first-order chi connectivity index (χ1) is 14.9. The summed E-state index contributed by atoms with van der Waals surface area (Å²) in [7, 11) is 0. The molecule has 3 rings (SSSR count). The average molecular weight is 426 g/mol. The lowest BCUT2D eigenvalue weighted by Gasteiger charge is -2.47. The normalized spacial score (nSPS) is 28.2. The standard InChI is InChI=1S/C25H31NO5/c1-2-3-4-7-14-19-17-21(27)24(26(30)31)25(29,20-15-10-6-11-16-20)22(19)23(28)18-12-8-5-9-13-18/h5-6,8-13,15-16,19,21-22,24,27,29H,2-4,7,14,17H2,1H3/t19-,21+,22-,24-,25+/m1/s1. The Morgan fingerprint density at radius 3 is 2.26 bits per heavy atom. The van der Waals surface area contributed by atoms with Gasteiger partial charge in [-0.25, -0.2) is 0 Å². The van der Waals surface area contributed by atoms with Gasteiger partial charge in [0.2, 0.25) is 0 Å². The lowest BCUT2D eigenvalue weighted by atomic mass is 9.59. The van der Waals surface area contributed by atoms with Crippen molar-refractivity contribution in [1.29, 1.82) is 0 Å². The first-order valence-corrected chi connectivity index (χ1v) is 11.1. The Balaban J connectivity index is 2.11. The molecule has 0 aromatic heterocycles. The number of unbranched alkanes of at least 4 members (excludes halogenated alkanes) is 3. The summed E-state index contributed by atoms with van der Waals surface area (Å²) in [6, 6.07) is 15.3. The molecule has 1 saturated carbocycles. The zero-order chi connectivity index (χ0) is 22.4. The number of carbonyl (C=O) groups is 1. The second-order valence-electron chi connectivity index (χ2n) is 8.54. The second kappa shape index (κ2) is 10.2. The number of carbonyl (C=O) groups excluding carboxylic acids is 1. The van der Waals surface area contributed by atoms with Gasteiger partial charge in [0.05, 0.1) is 5.92 Å². The number of benzene rings is 2. The molecule has 0 unspecified atom stereocenters. The first-order valence-electron chi connectivity index (χ1n) is 11.1. The molecular formula is C25H31NO5. The molecular weight excluding hydrogens is 394 g/mol. The minimum absolute atomic E-state index is 0.121. The van der Waals surface area contributed by atoms with Crippen LogP contribution in [0.1, 0.15) is 61.4 Å². The van der Waals surface area contributed by atoms with Gasteiger partial charge in [-0.15, -0.1) is 0 Å². The number of aliphatic hydroxyl groups is 2. The van der Waals surface area contributed by atoms with E-state index in [1.807, 2.05) is 0 Å². The number of aliphatic hydroxyl groups excluding tert-OH is 1. The maximum atomic E-state index is 13.7. The van der Waals surface area contributed by atoms with Crippen LogP contribution in [0, 0.1) is 22.0 Å². The van der Waals surface area contributed by atoms with Crippen LogP contribution in [0.3, 0.4) is 0 Å². The SMILES string of the molecule is CCCCCC[C@@H]1C[C@H](O)[C@@H]([N+](=O)[O-])[C@](O)(c2ccccc2)[C@H]1C(=O)c1ccccc1. The zero-order valence-corrected chi connectivity index (χ0v) is 17.9. The fourth-order valence-electron chi connectivity index (χ4n) is 5.08. The number of nitro groups is 1. The highest BCUT2D eigenvalue weighted by Crippen LogP contribution is 2.49. The van der Waals surface area contributed by atoms with E-state index >= 15 is 0 Å². The number of Topliss-reactive ketones (excluding diaryl/α,β-unsaturated/α-hetero) is 1. The van der Waals surface area contributed by atoms with Crippen LogP contribution >= 0.6 is 0 Å². The van der Waals surface area contributed by atoms with Crippen molar-refractivity contribution < 1.29 is 19.9 Å². The van der Waals surface area contributed by atoms with E-state index in [2.05, 4.69) is 6.92 Å². The molecule has 1 aliphatic rings. The predicted octanol–water partition coefficient (Wildman–Crippen LogP) is 4.37. The maximum Gasteiger partial charge on any atom is 0.271 e. The summed E-state index contributed by atoms with van der Waals surface area (Å²) in [6.07, 6.45) is 3.37. The Kier molecular flexibility index (Phi) is 7.57. The molecule has 0 spiro atoms. The van der Waals surface area contributed by atoms with Crippen LogP contribution in [-0.4, -0.2) is 33.1 Å². The van der Waals surface area contributed by atoms with Gasteiger partial charge in [0, 0.05) is 10.5 Å². The summed E-state index contributed by atoms with van der Waals surface area (Å²) >= 11 is 0. The van der Waals surface area contributed by atoms with Gasteiger partial charge in [-0.1, -0.05) is 93.3 Å². The van der Waals surface area contributed by atoms with E-state index in [0.29, 0.717) is 17.5 Å². The van der Waals surface area contributed by atoms with E-state index in [1.165, 1.54) is 0 Å². The van der Waals surface area contributed by atoms with E-state index < -0.39 is 28.6 Å². The molecule has 0 amide bonds. The fourth-order valence-corrected chi connectivity index (χ4v) is 5.08. The van der Waals surface area contributed by atoms with Gasteiger partial charge < -0.3 is 10.2 Å². The molecule has 6 nitrogen and oxygen atoms in total. The van der Waals surface area contributed by atoms with E-state index in [-0.39, 0.29) is 18.1 Å². The molecule has 2 N–H and O–H groups in total. The molecule has 1 aliphatic carbocycles. The van der Waals surface area contributed by atoms with Crippen LogP contribution in [0.4, 0.5) is 0 Å². The maximum absolute atomic E-state index is 13.7. The largest absolute Gasteiger partial charge is 0.386 e. The Hall–Kier alpha value is -2.57. The van der Waals surface area contributed by atoms with Crippen LogP contribution in [-0.2, 0) is 5.60 Å². The highest BCUT2D eigenvalue weighted by atomic mass is 16.6. The van der Waals surface area contributed by atoms with Gasteiger partial charge in [-0.05, 0) is 24.3 Å². The summed E-state index contributed by atoms with van der Waals surface area (Å²) in [6.45, 7) is 2.11. The third-order valence-corrected chi connectivity index (χ3v) is 6.54. The third-order valence-electron chi connectivity index (χ3n) is 6.54. The number of nitrogens with zero attached hydrogens (tertiary/aromatic N) is 1. The van der Waals surface area contributed by atoms with Gasteiger partial charge >= 0.3 is 0 Å². The van der Waals surface area contributed by atoms with E-state index in [9.17, 15) is 25.1 Å². The number of hydrogen-bond donors (Lipinski definition) is 2. The molecule has 0 aliphatic heterocycles. The summed E-state index contributed by atoms with van der Waals surface area (Å²) in [4.78, 5) is 25.1. The quantitative estimate of drug-likeness (QED) is 0.269. The second-order valence-corrected chi connectivity index (χ2v) is 8.54. The topological polar surface area (TPSA) is 101 Å². The molecule has 166 valence electrons. The van der Waals surface area contributed by atoms with Crippen molar-refractivity contribution in [2.45, 2.75) is 63.2 Å². The lowest BCUT2D eigenvalue weighted by Crippen LogP contribution is -2.63. The molecule has 31 heavy (non-hydrogen) atoms. The summed E-state index contributed by atoms with van der Waals surface area (Å²) in [5.74, 6) is -1.69. The number of rotatable bonds is 9. The molecule has 0 saturated heterocycles. The van der Waals surface area contributed by atoms with Crippen molar-refractivity contribution in [2.24, 2.45) is 11.8 Å². The smallest absolute Gasteiger partial charge is 0.271 e. The van der Waals surface area contributed by atoms with Gasteiger partial charge in [-0.3, -0.25) is 14.9 Å². The monoisotopic (exact) mass is 425 g/mol. The van der Waals surface area contributed by atoms with Crippen molar-refractivity contribution >= 4 is 5.78 Å².